The minimum atomic E-state index is -0.622. The van der Waals surface area contributed by atoms with Crippen LogP contribution in [0, 0.1) is 17.0 Å². The van der Waals surface area contributed by atoms with Gasteiger partial charge in [0, 0.05) is 13.1 Å². The van der Waals surface area contributed by atoms with Gasteiger partial charge in [-0.15, -0.1) is 0 Å². The fourth-order valence-corrected chi connectivity index (χ4v) is 2.92. The second kappa shape index (κ2) is 10.5. The van der Waals surface area contributed by atoms with Gasteiger partial charge in [0.1, 0.15) is 16.8 Å². The smallest absolute Gasteiger partial charge is 0.404 e. The van der Waals surface area contributed by atoms with Gasteiger partial charge in [-0.3, -0.25) is 9.59 Å². The number of ether oxygens (including phenoxy) is 1. The summed E-state index contributed by atoms with van der Waals surface area (Å²) in [5.41, 5.74) is 0.500. The Bertz CT molecular complexity index is 1110. The van der Waals surface area contributed by atoms with E-state index in [1.807, 2.05) is 6.07 Å². The number of rotatable bonds is 10. The van der Waals surface area contributed by atoms with Crippen LogP contribution in [0.4, 0.5) is 5.82 Å². The summed E-state index contributed by atoms with van der Waals surface area (Å²) in [4.78, 5) is 38.2. The molecule has 0 aliphatic carbocycles. The summed E-state index contributed by atoms with van der Waals surface area (Å²) < 4.78 is 11.8. The molecule has 2 heterocycles. The maximum Gasteiger partial charge on any atom is 0.404 e. The van der Waals surface area contributed by atoms with Gasteiger partial charge in [-0.25, -0.2) is 0 Å². The summed E-state index contributed by atoms with van der Waals surface area (Å²) >= 11 is 3.12. The molecule has 0 unspecified atom stereocenters. The molecule has 0 saturated heterocycles. The Hall–Kier alpha value is -3.81. The van der Waals surface area contributed by atoms with Gasteiger partial charge in [-0.05, 0) is 39.9 Å². The molecule has 168 valence electrons. The van der Waals surface area contributed by atoms with Crippen molar-refractivity contribution in [1.82, 2.24) is 30.6 Å². The standard InChI is InChI=1S/C18H18BrN7O6/c1-11-15(19)16(26(29)30)23-25(11)9-13-22-18(32-24-13)17(28)21-8-7-20-14(27)10-31-12-5-3-2-4-6-12/h2-6H,7-10H2,1H3,(H,20,27)(H,21,28). The van der Waals surface area contributed by atoms with E-state index in [-0.39, 0.29) is 54.2 Å². The summed E-state index contributed by atoms with van der Waals surface area (Å²) in [6.07, 6.45) is 0. The SMILES string of the molecule is Cc1c(Br)c([N+](=O)[O-])nn1Cc1noc(C(=O)NCCNC(=O)COc2ccccc2)n1. The Balaban J connectivity index is 1.42. The van der Waals surface area contributed by atoms with Crippen LogP contribution in [-0.2, 0) is 11.3 Å². The molecular weight excluding hydrogens is 490 g/mol. The lowest BCUT2D eigenvalue weighted by Gasteiger charge is -2.07. The van der Waals surface area contributed by atoms with Crippen molar-refractivity contribution < 1.29 is 23.8 Å². The highest BCUT2D eigenvalue weighted by molar-refractivity contribution is 9.10. The predicted molar refractivity (Wildman–Crippen MR) is 112 cm³/mol. The molecule has 0 radical (unpaired) electrons. The van der Waals surface area contributed by atoms with E-state index in [0.717, 1.165) is 0 Å². The molecule has 3 rings (SSSR count). The Morgan fingerprint density at radius 2 is 1.97 bits per heavy atom. The van der Waals surface area contributed by atoms with Crippen molar-refractivity contribution in [2.75, 3.05) is 19.7 Å². The molecule has 0 aliphatic heterocycles. The zero-order valence-electron chi connectivity index (χ0n) is 16.8. The number of nitrogens with one attached hydrogen (secondary N) is 2. The average Bonchev–Trinajstić information content (AvgIpc) is 3.36. The highest BCUT2D eigenvalue weighted by atomic mass is 79.9. The number of para-hydroxylation sites is 1. The first-order valence-corrected chi connectivity index (χ1v) is 10.1. The largest absolute Gasteiger partial charge is 0.484 e. The predicted octanol–water partition coefficient (Wildman–Crippen LogP) is 1.22. The summed E-state index contributed by atoms with van der Waals surface area (Å²) in [6, 6.07) is 8.90. The number of hydrogen-bond acceptors (Lipinski definition) is 9. The van der Waals surface area contributed by atoms with Crippen LogP contribution in [0.5, 0.6) is 5.75 Å². The van der Waals surface area contributed by atoms with E-state index in [9.17, 15) is 19.7 Å². The first-order valence-electron chi connectivity index (χ1n) is 9.27. The Morgan fingerprint density at radius 1 is 1.25 bits per heavy atom. The van der Waals surface area contributed by atoms with E-state index in [0.29, 0.717) is 11.4 Å². The third-order valence-corrected chi connectivity index (χ3v) is 5.02. The third kappa shape index (κ3) is 5.87. The van der Waals surface area contributed by atoms with Crippen molar-refractivity contribution in [3.8, 4) is 5.75 Å². The molecule has 0 saturated carbocycles. The molecule has 2 amide bonds. The molecule has 32 heavy (non-hydrogen) atoms. The second-order valence-electron chi connectivity index (χ2n) is 6.36. The van der Waals surface area contributed by atoms with Crippen molar-refractivity contribution in [2.24, 2.45) is 0 Å². The lowest BCUT2D eigenvalue weighted by atomic mass is 10.3. The molecule has 0 fully saturated rings. The number of carbonyl (C=O) groups is 2. The number of carbonyl (C=O) groups excluding carboxylic acids is 2. The Morgan fingerprint density at radius 3 is 2.66 bits per heavy atom. The molecule has 0 spiro atoms. The van der Waals surface area contributed by atoms with E-state index in [1.54, 1.807) is 31.2 Å². The zero-order valence-corrected chi connectivity index (χ0v) is 18.4. The number of nitrogens with zero attached hydrogens (tertiary/aromatic N) is 5. The van der Waals surface area contributed by atoms with Crippen LogP contribution in [0.2, 0.25) is 0 Å². The van der Waals surface area contributed by atoms with Crippen LogP contribution in [0.1, 0.15) is 22.2 Å². The molecular formula is C18H18BrN7O6. The maximum atomic E-state index is 12.1. The normalized spacial score (nSPS) is 10.6. The van der Waals surface area contributed by atoms with Crippen LogP contribution in [-0.4, -0.2) is 56.4 Å². The number of halogens is 1. The second-order valence-corrected chi connectivity index (χ2v) is 7.15. The van der Waals surface area contributed by atoms with Gasteiger partial charge in [-0.1, -0.05) is 23.4 Å². The first kappa shape index (κ1) is 22.9. The van der Waals surface area contributed by atoms with E-state index >= 15 is 0 Å². The average molecular weight is 508 g/mol. The Kier molecular flexibility index (Phi) is 7.49. The molecule has 2 aromatic heterocycles. The number of nitro groups is 1. The quantitative estimate of drug-likeness (QED) is 0.232. The molecule has 3 aromatic rings. The van der Waals surface area contributed by atoms with Crippen LogP contribution in [0.3, 0.4) is 0 Å². The van der Waals surface area contributed by atoms with Gasteiger partial charge < -0.3 is 30.0 Å². The van der Waals surface area contributed by atoms with Gasteiger partial charge in [0.05, 0.1) is 10.8 Å². The van der Waals surface area contributed by atoms with Crippen LogP contribution >= 0.6 is 15.9 Å². The topological polar surface area (TPSA) is 167 Å². The minimum Gasteiger partial charge on any atom is -0.484 e. The van der Waals surface area contributed by atoms with Crippen LogP contribution in [0.15, 0.2) is 39.3 Å². The van der Waals surface area contributed by atoms with Crippen LogP contribution in [0.25, 0.3) is 0 Å². The first-order chi connectivity index (χ1) is 15.3. The maximum absolute atomic E-state index is 12.1. The summed E-state index contributed by atoms with van der Waals surface area (Å²) in [7, 11) is 0. The summed E-state index contributed by atoms with van der Waals surface area (Å²) in [5, 5.41) is 23.7. The van der Waals surface area contributed by atoms with Crippen molar-refractivity contribution in [1.29, 1.82) is 0 Å². The van der Waals surface area contributed by atoms with Crippen molar-refractivity contribution in [3.63, 3.8) is 0 Å². The van der Waals surface area contributed by atoms with Gasteiger partial charge in [0.25, 0.3) is 5.91 Å². The highest BCUT2D eigenvalue weighted by Crippen LogP contribution is 2.27. The Labute approximate surface area is 189 Å². The molecule has 1 aromatic carbocycles. The molecule has 0 aliphatic rings. The lowest BCUT2D eigenvalue weighted by Crippen LogP contribution is -2.36. The highest BCUT2D eigenvalue weighted by Gasteiger charge is 2.25. The number of benzene rings is 1. The molecule has 0 atom stereocenters. The molecule has 13 nitrogen and oxygen atoms in total. The van der Waals surface area contributed by atoms with Gasteiger partial charge >= 0.3 is 17.6 Å². The minimum absolute atomic E-state index is 0.0213. The number of amides is 2. The van der Waals surface area contributed by atoms with E-state index in [1.165, 1.54) is 4.68 Å². The molecule has 0 bridgehead atoms. The van der Waals surface area contributed by atoms with E-state index < -0.39 is 10.8 Å². The van der Waals surface area contributed by atoms with E-state index in [2.05, 4.69) is 41.8 Å². The monoisotopic (exact) mass is 507 g/mol. The van der Waals surface area contributed by atoms with Gasteiger partial charge in [0.15, 0.2) is 12.4 Å². The van der Waals surface area contributed by atoms with Gasteiger partial charge in [-0.2, -0.15) is 9.67 Å². The summed E-state index contributed by atoms with van der Waals surface area (Å²) in [5.74, 6) is -0.872. The summed E-state index contributed by atoms with van der Waals surface area (Å²) in [6.45, 7) is 1.77. The zero-order chi connectivity index (χ0) is 23.1. The number of hydrogen-bond donors (Lipinski definition) is 2. The van der Waals surface area contributed by atoms with Crippen molar-refractivity contribution >= 4 is 33.6 Å². The van der Waals surface area contributed by atoms with Crippen molar-refractivity contribution in [2.45, 2.75) is 13.5 Å². The fraction of sp³-hybridized carbons (Fsp3) is 0.278. The van der Waals surface area contributed by atoms with Crippen LogP contribution < -0.4 is 15.4 Å². The number of aromatic nitrogens is 4. The molecule has 2 N–H and O–H groups in total. The lowest BCUT2D eigenvalue weighted by molar-refractivity contribution is -0.390. The molecule has 14 heteroatoms. The van der Waals surface area contributed by atoms with E-state index in [4.69, 9.17) is 9.26 Å². The fourth-order valence-electron chi connectivity index (χ4n) is 2.49. The third-order valence-electron chi connectivity index (χ3n) is 4.09. The van der Waals surface area contributed by atoms with Gasteiger partial charge in [0.2, 0.25) is 0 Å². The van der Waals surface area contributed by atoms with Crippen molar-refractivity contribution in [3.05, 3.63) is 62.3 Å².